The van der Waals surface area contributed by atoms with Gasteiger partial charge < -0.3 is 0 Å². The molecule has 0 aliphatic rings. The van der Waals surface area contributed by atoms with Gasteiger partial charge in [0.2, 0.25) is 5.78 Å². The van der Waals surface area contributed by atoms with E-state index < -0.39 is 63.0 Å². The highest BCUT2D eigenvalue weighted by Crippen LogP contribution is 2.32. The second-order valence-corrected chi connectivity index (χ2v) is 17.7. The van der Waals surface area contributed by atoms with Gasteiger partial charge in [-0.3, -0.25) is 4.79 Å². The van der Waals surface area contributed by atoms with Crippen molar-refractivity contribution in [2.75, 3.05) is 11.5 Å². The van der Waals surface area contributed by atoms with Crippen LogP contribution in [0.4, 0.5) is 52.7 Å². The molecule has 4 nitrogen and oxygen atoms in total. The molecule has 0 saturated heterocycles. The molecule has 1 atom stereocenters. The maximum absolute atomic E-state index is 13.4. The lowest BCUT2D eigenvalue weighted by molar-refractivity contribution is -0.138. The van der Waals surface area contributed by atoms with Gasteiger partial charge >= 0.3 is 24.7 Å². The Balaban J connectivity index is 0.000000279. The summed E-state index contributed by atoms with van der Waals surface area (Å²) in [7, 11) is -2.63. The Kier molecular flexibility index (Phi) is 15.2. The molecular weight excluding hydrogens is 907 g/mol. The molecule has 6 aromatic rings. The molecule has 0 heterocycles. The average molecular weight is 941 g/mol. The largest absolute Gasteiger partial charge is 0.416 e. The van der Waals surface area contributed by atoms with E-state index in [0.717, 1.165) is 54.1 Å². The molecule has 66 heavy (non-hydrogen) atoms. The second kappa shape index (κ2) is 20.1. The van der Waals surface area contributed by atoms with Crippen LogP contribution in [0.25, 0.3) is 0 Å². The Morgan fingerprint density at radius 1 is 0.485 bits per heavy atom. The molecule has 18 heteroatoms. The number of alkyl halides is 12. The summed E-state index contributed by atoms with van der Waals surface area (Å²) in [6, 6.07) is 35.1. The summed E-state index contributed by atoms with van der Waals surface area (Å²) in [6.07, 6.45) is -20.6. The number of allylic oxidation sites excluding steroid dienone is 1. The maximum atomic E-state index is 13.4. The van der Waals surface area contributed by atoms with Crippen molar-refractivity contribution in [3.63, 3.8) is 0 Å². The van der Waals surface area contributed by atoms with Crippen molar-refractivity contribution in [3.8, 4) is 12.1 Å². The number of rotatable bonds is 11. The first-order valence-electron chi connectivity index (χ1n) is 19.4. The molecular formula is C48H33BF12N2O2S. The summed E-state index contributed by atoms with van der Waals surface area (Å²) >= 11 is 0. The molecule has 6 rings (SSSR count). The van der Waals surface area contributed by atoms with E-state index in [4.69, 9.17) is 10.5 Å². The Bertz CT molecular complexity index is 2510. The zero-order chi connectivity index (χ0) is 48.6. The normalized spacial score (nSPS) is 12.9. The number of hydrogen-bond acceptors (Lipinski definition) is 4. The lowest BCUT2D eigenvalue weighted by Gasteiger charge is -2.44. The number of carbonyl (C=O) groups excluding carboxylic acids is 1. The van der Waals surface area contributed by atoms with Crippen LogP contribution < -0.4 is 21.9 Å². The Morgan fingerprint density at radius 2 is 0.788 bits per heavy atom. The molecule has 0 radical (unpaired) electrons. The summed E-state index contributed by atoms with van der Waals surface area (Å²) in [5.41, 5.74) is -3.02. The van der Waals surface area contributed by atoms with E-state index in [2.05, 4.69) is 0 Å². The maximum Gasteiger partial charge on any atom is 0.416 e. The number of hydrogen-bond donors (Lipinski definition) is 0. The van der Waals surface area contributed by atoms with Crippen molar-refractivity contribution in [1.29, 1.82) is 10.5 Å². The van der Waals surface area contributed by atoms with E-state index >= 15 is 0 Å². The topological polar surface area (TPSA) is 81.7 Å². The minimum atomic E-state index is -4.77. The highest BCUT2D eigenvalue weighted by molar-refractivity contribution is 8.03. The van der Waals surface area contributed by atoms with Crippen LogP contribution in [0.1, 0.15) is 38.2 Å². The van der Waals surface area contributed by atoms with E-state index in [-0.39, 0.29) is 50.5 Å². The molecule has 0 bridgehead atoms. The van der Waals surface area contributed by atoms with Crippen LogP contribution in [0.5, 0.6) is 0 Å². The number of nitrogens with zero attached hydrogens (tertiary/aromatic N) is 2. The summed E-state index contributed by atoms with van der Waals surface area (Å²) in [4.78, 5) is 12.5. The number of benzene rings is 6. The molecule has 0 N–H and O–H groups in total. The van der Waals surface area contributed by atoms with E-state index in [1.165, 1.54) is 6.08 Å². The molecule has 6 aromatic carbocycles. The Morgan fingerprint density at radius 3 is 1.08 bits per heavy atom. The van der Waals surface area contributed by atoms with E-state index in [0.29, 0.717) is 54.1 Å². The van der Waals surface area contributed by atoms with Crippen LogP contribution in [-0.4, -0.2) is 23.4 Å². The standard InChI is InChI=1S/C28H16BF12.C20H17N2O2S/c30-25(31,32)17-1-9-21(10-2-17)29(22-11-3-18(4-12-22)26(33,34)35,23-13-5-19(6-14-23)27(36,37)38)24-15-7-20(8-16-24)28(39,40)41;21-13-18(14-22)11-12-25(24,15-17-7-3-1-4-8-17)16-20(23)19-9-5-2-6-10-19/h1-16H;1-11H,12,15-16H2/q-1;+1. The fraction of sp³-hybridized carbons (Fsp3) is 0.146. The predicted octanol–water partition coefficient (Wildman–Crippen LogP) is 10.7. The summed E-state index contributed by atoms with van der Waals surface area (Å²) in [6.45, 7) is 0. The molecule has 0 fully saturated rings. The highest BCUT2D eigenvalue weighted by Gasteiger charge is 2.38. The van der Waals surface area contributed by atoms with Gasteiger partial charge in [-0.1, -0.05) is 158 Å². The van der Waals surface area contributed by atoms with Crippen molar-refractivity contribution >= 4 is 43.7 Å². The van der Waals surface area contributed by atoms with Gasteiger partial charge in [0.1, 0.15) is 35.4 Å². The van der Waals surface area contributed by atoms with Crippen molar-refractivity contribution in [3.05, 3.63) is 203 Å². The van der Waals surface area contributed by atoms with Crippen molar-refractivity contribution in [2.45, 2.75) is 30.5 Å². The molecule has 340 valence electrons. The number of halogens is 12. The van der Waals surface area contributed by atoms with E-state index in [1.54, 1.807) is 36.4 Å². The number of carbonyl (C=O) groups is 1. The molecule has 0 amide bonds. The fourth-order valence-corrected chi connectivity index (χ4v) is 9.60. The summed E-state index contributed by atoms with van der Waals surface area (Å²) in [5.74, 6) is -0.0679. The Hall–Kier alpha value is -6.92. The quantitative estimate of drug-likeness (QED) is 0.0426. The van der Waals surface area contributed by atoms with Crippen LogP contribution in [0.15, 0.2) is 169 Å². The van der Waals surface area contributed by atoms with Crippen molar-refractivity contribution < 1.29 is 61.7 Å². The van der Waals surface area contributed by atoms with Gasteiger partial charge in [-0.15, -0.1) is 4.21 Å². The van der Waals surface area contributed by atoms with Crippen molar-refractivity contribution in [1.82, 2.24) is 0 Å². The zero-order valence-electron chi connectivity index (χ0n) is 33.9. The summed E-state index contributed by atoms with van der Waals surface area (Å²) < 4.78 is 173. The van der Waals surface area contributed by atoms with Gasteiger partial charge in [-0.05, 0) is 6.08 Å². The molecule has 0 aliphatic heterocycles. The fourth-order valence-electron chi connectivity index (χ4n) is 7.34. The highest BCUT2D eigenvalue weighted by atomic mass is 32.2. The van der Waals surface area contributed by atoms with Crippen LogP contribution in [0, 0.1) is 22.7 Å². The molecule has 1 unspecified atom stereocenters. The van der Waals surface area contributed by atoms with Crippen LogP contribution in [0.3, 0.4) is 0 Å². The average Bonchev–Trinajstić information content (AvgIpc) is 3.27. The Labute approximate surface area is 371 Å². The zero-order valence-corrected chi connectivity index (χ0v) is 34.8. The summed E-state index contributed by atoms with van der Waals surface area (Å²) in [5, 5.41) is 17.7. The minimum absolute atomic E-state index is 0.0114. The third-order valence-corrected chi connectivity index (χ3v) is 13.0. The lowest BCUT2D eigenvalue weighted by atomic mass is 9.13. The van der Waals surface area contributed by atoms with E-state index in [1.807, 2.05) is 36.4 Å². The molecule has 0 aliphatic carbocycles. The minimum Gasteiger partial charge on any atom is -0.289 e. The third-order valence-electron chi connectivity index (χ3n) is 10.5. The monoisotopic (exact) mass is 940 g/mol. The predicted molar refractivity (Wildman–Crippen MR) is 228 cm³/mol. The smallest absolute Gasteiger partial charge is 0.289 e. The SMILES string of the molecule is FC(F)(F)c1ccc([B-](c2ccc(C(F)(F)F)cc2)(c2ccc(C(F)(F)F)cc2)c2ccc(C(F)(F)F)cc2)cc1.N#CC(C#N)=CC[S+](=O)(CC(=O)c1ccccc1)Cc1ccccc1. The van der Waals surface area contributed by atoms with Gasteiger partial charge in [-0.2, -0.15) is 85.1 Å². The van der Waals surface area contributed by atoms with Gasteiger partial charge in [0.05, 0.1) is 32.2 Å². The first kappa shape index (κ1) is 50.1. The number of ketones is 1. The first-order valence-corrected chi connectivity index (χ1v) is 21.4. The van der Waals surface area contributed by atoms with E-state index in [9.17, 15) is 61.7 Å². The van der Waals surface area contributed by atoms with Crippen LogP contribution in [-0.2, 0) is 44.6 Å². The van der Waals surface area contributed by atoms with Gasteiger partial charge in [-0.25, -0.2) is 0 Å². The molecule has 0 aromatic heterocycles. The van der Waals surface area contributed by atoms with Gasteiger partial charge in [0.15, 0.2) is 5.75 Å². The van der Waals surface area contributed by atoms with Gasteiger partial charge in [0, 0.05) is 11.1 Å². The number of nitriles is 2. The third kappa shape index (κ3) is 12.2. The van der Waals surface area contributed by atoms with Crippen LogP contribution >= 0.6 is 0 Å². The molecule has 0 saturated carbocycles. The van der Waals surface area contributed by atoms with Gasteiger partial charge in [0.25, 0.3) is 0 Å². The second-order valence-electron chi connectivity index (χ2n) is 14.9. The number of Topliss-reactive ketones (excluding diaryl/α,β-unsaturated/α-hetero) is 1. The first-order chi connectivity index (χ1) is 30.9. The van der Waals surface area contributed by atoms with Crippen molar-refractivity contribution in [2.24, 2.45) is 0 Å². The molecule has 0 spiro atoms. The van der Waals surface area contributed by atoms with Crippen LogP contribution in [0.2, 0.25) is 0 Å². The lowest BCUT2D eigenvalue weighted by Crippen LogP contribution is -2.74.